The van der Waals surface area contributed by atoms with Crippen molar-refractivity contribution in [1.29, 1.82) is 0 Å². The van der Waals surface area contributed by atoms with Gasteiger partial charge in [-0.15, -0.1) is 12.8 Å². The molecular weight excluding hydrogens is 194 g/mol. The van der Waals surface area contributed by atoms with Crippen molar-refractivity contribution in [1.82, 2.24) is 5.32 Å². The highest BCUT2D eigenvalue weighted by Gasteiger charge is 2.42. The second kappa shape index (κ2) is 4.31. The van der Waals surface area contributed by atoms with Gasteiger partial charge in [0.25, 0.3) is 0 Å². The van der Waals surface area contributed by atoms with Crippen LogP contribution in [0.1, 0.15) is 30.4 Å². The second-order valence-electron chi connectivity index (χ2n) is 5.04. The first-order valence-corrected chi connectivity index (χ1v) is 5.91. The van der Waals surface area contributed by atoms with E-state index in [1.165, 1.54) is 25.9 Å². The van der Waals surface area contributed by atoms with E-state index in [2.05, 4.69) is 49.4 Å². The summed E-state index contributed by atoms with van der Waals surface area (Å²) >= 11 is 0. The molecule has 0 saturated carbocycles. The van der Waals surface area contributed by atoms with Gasteiger partial charge in [-0.2, -0.15) is 0 Å². The van der Waals surface area contributed by atoms with Gasteiger partial charge in [-0.05, 0) is 29.4 Å². The Bertz CT molecular complexity index is 393. The average molecular weight is 213 g/mol. The lowest BCUT2D eigenvalue weighted by atomic mass is 9.67. The van der Waals surface area contributed by atoms with Crippen LogP contribution in [0.5, 0.6) is 0 Å². The lowest BCUT2D eigenvalue weighted by molar-refractivity contribution is 0.277. The van der Waals surface area contributed by atoms with Crippen LogP contribution in [-0.2, 0) is 6.42 Å². The number of nitrogens with one attached hydrogen (secondary N) is 1. The number of hydrogen-bond donors (Lipinski definition) is 1. The molecule has 0 bridgehead atoms. The van der Waals surface area contributed by atoms with Gasteiger partial charge in [-0.1, -0.05) is 31.2 Å². The van der Waals surface area contributed by atoms with Crippen LogP contribution in [0, 0.1) is 18.3 Å². The average Bonchev–Trinajstić information content (AvgIpc) is 2.74. The highest BCUT2D eigenvalue weighted by atomic mass is 14.9. The third kappa shape index (κ3) is 1.64. The Morgan fingerprint density at radius 1 is 1.31 bits per heavy atom. The molecule has 2 atom stereocenters. The van der Waals surface area contributed by atoms with Crippen LogP contribution in [0.15, 0.2) is 24.3 Å². The van der Waals surface area contributed by atoms with Crippen molar-refractivity contribution in [3.05, 3.63) is 35.4 Å². The van der Waals surface area contributed by atoms with Crippen molar-refractivity contribution in [3.63, 3.8) is 0 Å². The van der Waals surface area contributed by atoms with Crippen molar-refractivity contribution < 1.29 is 0 Å². The monoisotopic (exact) mass is 213 g/mol. The van der Waals surface area contributed by atoms with Crippen molar-refractivity contribution in [3.8, 4) is 12.8 Å². The van der Waals surface area contributed by atoms with E-state index in [-0.39, 0.29) is 0 Å². The lowest BCUT2D eigenvalue weighted by Gasteiger charge is -2.36. The summed E-state index contributed by atoms with van der Waals surface area (Å²) in [6.45, 7) is 4.81. The summed E-state index contributed by atoms with van der Waals surface area (Å²) < 4.78 is 0. The molecule has 2 aliphatic rings. The van der Waals surface area contributed by atoms with E-state index in [4.69, 9.17) is 0 Å². The molecule has 0 spiro atoms. The minimum atomic E-state index is 0.522. The first-order chi connectivity index (χ1) is 7.80. The molecule has 1 N–H and O–H groups in total. The van der Waals surface area contributed by atoms with Crippen LogP contribution in [0.25, 0.3) is 0 Å². The van der Waals surface area contributed by atoms with Gasteiger partial charge in [-0.25, -0.2) is 0 Å². The smallest absolute Gasteiger partial charge is 0.00322 e. The zero-order valence-corrected chi connectivity index (χ0v) is 9.87. The normalized spacial score (nSPS) is 30.8. The zero-order chi connectivity index (χ0) is 11.6. The maximum atomic E-state index is 4.00. The first kappa shape index (κ1) is 11.2. The van der Waals surface area contributed by atoms with Gasteiger partial charge >= 0.3 is 0 Å². The molecule has 1 heteroatoms. The molecule has 16 heavy (non-hydrogen) atoms. The topological polar surface area (TPSA) is 12.0 Å². The van der Waals surface area contributed by atoms with Crippen LogP contribution in [0.2, 0.25) is 0 Å². The molecule has 1 saturated heterocycles. The summed E-state index contributed by atoms with van der Waals surface area (Å²) in [5.41, 5.74) is 3.71. The van der Waals surface area contributed by atoms with E-state index >= 15 is 0 Å². The Balaban J connectivity index is 0.000000457. The van der Waals surface area contributed by atoms with Gasteiger partial charge in [-0.3, -0.25) is 0 Å². The van der Waals surface area contributed by atoms with E-state index in [0.29, 0.717) is 5.41 Å². The summed E-state index contributed by atoms with van der Waals surface area (Å²) in [6.07, 6.45) is 10.6. The van der Waals surface area contributed by atoms with Crippen LogP contribution < -0.4 is 5.32 Å². The molecule has 0 amide bonds. The fourth-order valence-corrected chi connectivity index (χ4v) is 3.14. The largest absolute Gasteiger partial charge is 0.316 e. The molecule has 1 nitrogen and oxygen atoms in total. The second-order valence-corrected chi connectivity index (χ2v) is 5.04. The van der Waals surface area contributed by atoms with Gasteiger partial charge in [0.2, 0.25) is 0 Å². The van der Waals surface area contributed by atoms with Gasteiger partial charge in [0, 0.05) is 19.0 Å². The van der Waals surface area contributed by atoms with Crippen molar-refractivity contribution in [2.24, 2.45) is 5.41 Å². The standard InChI is InChI=1S/C13H17N.C2H2/c1-13-7-6-10-4-2-3-5-11(10)12(13)8-14-9-13;1-2/h2-5,12,14H,6-9H2,1H3;1-2H/t12?,13-;/m0./s1. The Kier molecular flexibility index (Phi) is 3.03. The summed E-state index contributed by atoms with van der Waals surface area (Å²) in [5.74, 6) is 0.757. The van der Waals surface area contributed by atoms with Crippen LogP contribution in [-0.4, -0.2) is 13.1 Å². The third-order valence-corrected chi connectivity index (χ3v) is 4.11. The molecule has 0 radical (unpaired) electrons. The Hall–Kier alpha value is -1.26. The van der Waals surface area contributed by atoms with Crippen molar-refractivity contribution >= 4 is 0 Å². The molecule has 0 aromatic heterocycles. The van der Waals surface area contributed by atoms with Crippen LogP contribution in [0.4, 0.5) is 0 Å². The van der Waals surface area contributed by atoms with Gasteiger partial charge < -0.3 is 5.32 Å². The van der Waals surface area contributed by atoms with E-state index in [9.17, 15) is 0 Å². The maximum Gasteiger partial charge on any atom is 0.00322 e. The van der Waals surface area contributed by atoms with Crippen molar-refractivity contribution in [2.75, 3.05) is 13.1 Å². The van der Waals surface area contributed by atoms with E-state index in [1.54, 1.807) is 11.1 Å². The predicted octanol–water partition coefficient (Wildman–Crippen LogP) is 2.58. The number of fused-ring (bicyclic) bond motifs is 3. The molecule has 3 rings (SSSR count). The molecule has 1 fully saturated rings. The predicted molar refractivity (Wildman–Crippen MR) is 68.4 cm³/mol. The Morgan fingerprint density at radius 3 is 2.88 bits per heavy atom. The lowest BCUT2D eigenvalue weighted by Crippen LogP contribution is -2.30. The minimum absolute atomic E-state index is 0.522. The highest BCUT2D eigenvalue weighted by Crippen LogP contribution is 2.47. The molecular formula is C15H19N. The molecule has 1 aliphatic carbocycles. The first-order valence-electron chi connectivity index (χ1n) is 5.91. The molecule has 1 aromatic carbocycles. The fraction of sp³-hybridized carbons (Fsp3) is 0.467. The fourth-order valence-electron chi connectivity index (χ4n) is 3.14. The highest BCUT2D eigenvalue weighted by molar-refractivity contribution is 5.36. The number of rotatable bonds is 0. The number of terminal acetylenes is 1. The summed E-state index contributed by atoms with van der Waals surface area (Å²) in [5, 5.41) is 3.55. The van der Waals surface area contributed by atoms with Gasteiger partial charge in [0.15, 0.2) is 0 Å². The Labute approximate surface area is 98.3 Å². The van der Waals surface area contributed by atoms with Gasteiger partial charge in [0.05, 0.1) is 0 Å². The summed E-state index contributed by atoms with van der Waals surface area (Å²) in [6, 6.07) is 8.98. The van der Waals surface area contributed by atoms with Crippen LogP contribution >= 0.6 is 0 Å². The maximum absolute atomic E-state index is 4.00. The number of benzene rings is 1. The van der Waals surface area contributed by atoms with E-state index < -0.39 is 0 Å². The zero-order valence-electron chi connectivity index (χ0n) is 9.87. The van der Waals surface area contributed by atoms with E-state index in [1.807, 2.05) is 0 Å². The van der Waals surface area contributed by atoms with E-state index in [0.717, 1.165) is 5.92 Å². The summed E-state index contributed by atoms with van der Waals surface area (Å²) in [7, 11) is 0. The quantitative estimate of drug-likeness (QED) is 0.653. The van der Waals surface area contributed by atoms with Gasteiger partial charge in [0.1, 0.15) is 0 Å². The summed E-state index contributed by atoms with van der Waals surface area (Å²) in [4.78, 5) is 0. The molecule has 1 aromatic rings. The number of aryl methyl sites for hydroxylation is 1. The molecule has 1 aliphatic heterocycles. The van der Waals surface area contributed by atoms with Crippen LogP contribution in [0.3, 0.4) is 0 Å². The van der Waals surface area contributed by atoms with Crippen molar-refractivity contribution in [2.45, 2.75) is 25.7 Å². The molecule has 1 unspecified atom stereocenters. The molecule has 84 valence electrons. The third-order valence-electron chi connectivity index (χ3n) is 4.11. The minimum Gasteiger partial charge on any atom is -0.316 e. The molecule has 1 heterocycles. The number of hydrogen-bond acceptors (Lipinski definition) is 1. The SMILES string of the molecule is C#C.C[C@@]12CCc3ccccc3C1CNC2. The Morgan fingerprint density at radius 2 is 2.06 bits per heavy atom.